The highest BCUT2D eigenvalue weighted by Crippen LogP contribution is 2.24. The van der Waals surface area contributed by atoms with E-state index < -0.39 is 0 Å². The van der Waals surface area contributed by atoms with Gasteiger partial charge in [0.25, 0.3) is 0 Å². The van der Waals surface area contributed by atoms with Crippen molar-refractivity contribution in [3.05, 3.63) is 80.7 Å². The SMILES string of the molecule is Cc1cc2oc(=O)cc(C[NH2+]C[C@@H](c3ccccc3)[NH+](C)C)c2cc1Cl. The number of hydrogen-bond donors (Lipinski definition) is 2. The summed E-state index contributed by atoms with van der Waals surface area (Å²) >= 11 is 6.27. The van der Waals surface area contributed by atoms with Gasteiger partial charge in [-0.05, 0) is 24.6 Å². The third kappa shape index (κ3) is 4.15. The van der Waals surface area contributed by atoms with E-state index in [9.17, 15) is 4.79 Å². The fourth-order valence-corrected chi connectivity index (χ4v) is 3.48. The fourth-order valence-electron chi connectivity index (χ4n) is 3.31. The second-order valence-electron chi connectivity index (χ2n) is 6.96. The molecule has 0 amide bonds. The Morgan fingerprint density at radius 2 is 1.88 bits per heavy atom. The van der Waals surface area contributed by atoms with Crippen molar-refractivity contribution < 1.29 is 14.6 Å². The van der Waals surface area contributed by atoms with Crippen LogP contribution in [0.1, 0.15) is 22.7 Å². The average Bonchev–Trinajstić information content (AvgIpc) is 2.60. The molecule has 2 aromatic carbocycles. The average molecular weight is 373 g/mol. The second-order valence-corrected chi connectivity index (χ2v) is 7.36. The highest BCUT2D eigenvalue weighted by Gasteiger charge is 2.19. The molecule has 1 heterocycles. The van der Waals surface area contributed by atoms with Crippen LogP contribution in [0.15, 0.2) is 57.7 Å². The maximum Gasteiger partial charge on any atom is 0.336 e. The molecule has 0 aliphatic heterocycles. The van der Waals surface area contributed by atoms with Crippen LogP contribution in [0.3, 0.4) is 0 Å². The van der Waals surface area contributed by atoms with Gasteiger partial charge in [-0.25, -0.2) is 4.79 Å². The Labute approximate surface area is 158 Å². The molecule has 1 atom stereocenters. The Kier molecular flexibility index (Phi) is 5.77. The van der Waals surface area contributed by atoms with E-state index in [0.717, 1.165) is 23.1 Å². The van der Waals surface area contributed by atoms with Gasteiger partial charge in [0.05, 0.1) is 14.1 Å². The monoisotopic (exact) mass is 372 g/mol. The van der Waals surface area contributed by atoms with Crippen LogP contribution in [-0.2, 0) is 6.54 Å². The minimum Gasteiger partial charge on any atom is -0.423 e. The predicted octanol–water partition coefficient (Wildman–Crippen LogP) is 1.70. The van der Waals surface area contributed by atoms with E-state index in [1.807, 2.05) is 25.1 Å². The van der Waals surface area contributed by atoms with Gasteiger partial charge in [-0.1, -0.05) is 41.9 Å². The molecule has 3 aromatic rings. The van der Waals surface area contributed by atoms with Crippen LogP contribution < -0.4 is 15.8 Å². The van der Waals surface area contributed by atoms with Gasteiger partial charge in [0.1, 0.15) is 18.7 Å². The molecule has 0 bridgehead atoms. The number of halogens is 1. The van der Waals surface area contributed by atoms with Gasteiger partial charge in [-0.15, -0.1) is 0 Å². The summed E-state index contributed by atoms with van der Waals surface area (Å²) in [6.07, 6.45) is 0. The smallest absolute Gasteiger partial charge is 0.336 e. The van der Waals surface area contributed by atoms with Crippen molar-refractivity contribution >= 4 is 22.6 Å². The zero-order valence-corrected chi connectivity index (χ0v) is 16.1. The molecule has 1 aromatic heterocycles. The van der Waals surface area contributed by atoms with E-state index in [-0.39, 0.29) is 5.63 Å². The lowest BCUT2D eigenvalue weighted by Crippen LogP contribution is -3.09. The minimum atomic E-state index is -0.319. The number of benzene rings is 2. The Bertz CT molecular complexity index is 951. The molecule has 136 valence electrons. The largest absolute Gasteiger partial charge is 0.423 e. The molecule has 26 heavy (non-hydrogen) atoms. The summed E-state index contributed by atoms with van der Waals surface area (Å²) in [4.78, 5) is 13.3. The fraction of sp³-hybridized carbons (Fsp3) is 0.286. The Morgan fingerprint density at radius 1 is 1.15 bits per heavy atom. The number of rotatable bonds is 6. The first kappa shape index (κ1) is 18.6. The zero-order chi connectivity index (χ0) is 18.7. The molecule has 0 spiro atoms. The number of quaternary nitrogens is 2. The molecule has 0 aliphatic carbocycles. The van der Waals surface area contributed by atoms with Gasteiger partial charge in [-0.3, -0.25) is 0 Å². The first-order valence-electron chi connectivity index (χ1n) is 8.85. The summed E-state index contributed by atoms with van der Waals surface area (Å²) in [5.74, 6) is 0. The van der Waals surface area contributed by atoms with Gasteiger partial charge >= 0.3 is 5.63 Å². The molecule has 0 saturated heterocycles. The maximum absolute atomic E-state index is 11.9. The van der Waals surface area contributed by atoms with Crippen molar-refractivity contribution in [3.63, 3.8) is 0 Å². The lowest BCUT2D eigenvalue weighted by Gasteiger charge is -2.20. The van der Waals surface area contributed by atoms with Gasteiger partial charge in [0.2, 0.25) is 0 Å². The number of likely N-dealkylation sites (N-methyl/N-ethyl adjacent to an activating group) is 1. The normalized spacial score (nSPS) is 12.7. The van der Waals surface area contributed by atoms with Crippen LogP contribution in [-0.4, -0.2) is 20.6 Å². The topological polar surface area (TPSA) is 51.3 Å². The molecule has 4 nitrogen and oxygen atoms in total. The molecule has 3 rings (SSSR count). The number of hydrogen-bond acceptors (Lipinski definition) is 2. The van der Waals surface area contributed by atoms with Crippen molar-refractivity contribution in [2.45, 2.75) is 19.5 Å². The molecular weight excluding hydrogens is 348 g/mol. The summed E-state index contributed by atoms with van der Waals surface area (Å²) in [7, 11) is 4.33. The Morgan fingerprint density at radius 3 is 2.58 bits per heavy atom. The van der Waals surface area contributed by atoms with Crippen molar-refractivity contribution in [3.8, 4) is 0 Å². The van der Waals surface area contributed by atoms with Gasteiger partial charge in [-0.2, -0.15) is 0 Å². The third-order valence-electron chi connectivity index (χ3n) is 4.77. The van der Waals surface area contributed by atoms with Crippen molar-refractivity contribution in [1.82, 2.24) is 0 Å². The van der Waals surface area contributed by atoms with Crippen LogP contribution in [0.25, 0.3) is 11.0 Å². The highest BCUT2D eigenvalue weighted by molar-refractivity contribution is 6.32. The van der Waals surface area contributed by atoms with Crippen molar-refractivity contribution in [2.75, 3.05) is 20.6 Å². The lowest BCUT2D eigenvalue weighted by atomic mass is 10.1. The maximum atomic E-state index is 11.9. The van der Waals surface area contributed by atoms with Gasteiger partial charge < -0.3 is 14.6 Å². The van der Waals surface area contributed by atoms with Crippen LogP contribution in [0, 0.1) is 6.92 Å². The van der Waals surface area contributed by atoms with Crippen LogP contribution in [0.5, 0.6) is 0 Å². The molecule has 5 heteroatoms. The van der Waals surface area contributed by atoms with Crippen LogP contribution >= 0.6 is 11.6 Å². The summed E-state index contributed by atoms with van der Waals surface area (Å²) in [5, 5.41) is 3.84. The highest BCUT2D eigenvalue weighted by atomic mass is 35.5. The molecular formula is C21H25ClN2O2+2. The molecule has 0 aliphatic rings. The molecule has 0 saturated carbocycles. The summed E-state index contributed by atoms with van der Waals surface area (Å²) in [6, 6.07) is 16.2. The number of fused-ring (bicyclic) bond motifs is 1. The van der Waals surface area contributed by atoms with Crippen molar-refractivity contribution in [1.29, 1.82) is 0 Å². The summed E-state index contributed by atoms with van der Waals surface area (Å²) in [5.41, 5.74) is 3.46. The van der Waals surface area contributed by atoms with Gasteiger partial charge in [0, 0.05) is 27.6 Å². The molecule has 3 N–H and O–H groups in total. The first-order valence-corrected chi connectivity index (χ1v) is 9.23. The quantitative estimate of drug-likeness (QED) is 0.647. The zero-order valence-electron chi connectivity index (χ0n) is 15.4. The third-order valence-corrected chi connectivity index (χ3v) is 5.18. The van der Waals surface area contributed by atoms with E-state index in [2.05, 4.69) is 43.7 Å². The number of aryl methyl sites for hydroxylation is 1. The van der Waals surface area contributed by atoms with E-state index in [1.54, 1.807) is 6.07 Å². The number of nitrogens with one attached hydrogen (secondary N) is 1. The molecule has 0 fully saturated rings. The summed E-state index contributed by atoms with van der Waals surface area (Å²) < 4.78 is 5.34. The molecule has 0 unspecified atom stereocenters. The molecule has 0 radical (unpaired) electrons. The van der Waals surface area contributed by atoms with E-state index in [4.69, 9.17) is 16.0 Å². The van der Waals surface area contributed by atoms with E-state index >= 15 is 0 Å². The first-order chi connectivity index (χ1) is 12.5. The standard InChI is InChI=1S/C21H23ClN2O2/c1-14-9-20-17(11-18(14)22)16(10-21(25)26-20)12-23-13-19(24(2)3)15-7-5-4-6-8-15/h4-11,19,23H,12-13H2,1-3H3/p+2/t19-/m0/s1. The predicted molar refractivity (Wildman–Crippen MR) is 105 cm³/mol. The summed E-state index contributed by atoms with van der Waals surface area (Å²) in [6.45, 7) is 3.54. The lowest BCUT2D eigenvalue weighted by molar-refractivity contribution is -0.910. The van der Waals surface area contributed by atoms with Crippen LogP contribution in [0.2, 0.25) is 5.02 Å². The second kappa shape index (κ2) is 8.04. The van der Waals surface area contributed by atoms with Gasteiger partial charge in [0.15, 0.2) is 6.04 Å². The Balaban J connectivity index is 1.81. The number of nitrogens with two attached hydrogens (primary N) is 1. The van der Waals surface area contributed by atoms with E-state index in [0.29, 0.717) is 23.2 Å². The van der Waals surface area contributed by atoms with Crippen molar-refractivity contribution in [2.24, 2.45) is 0 Å². The van der Waals surface area contributed by atoms with Crippen LogP contribution in [0.4, 0.5) is 0 Å². The van der Waals surface area contributed by atoms with E-state index in [1.165, 1.54) is 10.5 Å². The Hall–Kier alpha value is -2.14. The minimum absolute atomic E-state index is 0.319.